The van der Waals surface area contributed by atoms with Crippen LogP contribution in [0, 0.1) is 13.5 Å². The van der Waals surface area contributed by atoms with Crippen LogP contribution >= 0.6 is 0 Å². The van der Waals surface area contributed by atoms with Gasteiger partial charge in [-0.25, -0.2) is 9.64 Å². The van der Waals surface area contributed by atoms with Gasteiger partial charge in [-0.2, -0.15) is 0 Å². The maximum absolute atomic E-state index is 10.5. The van der Waals surface area contributed by atoms with Crippen molar-refractivity contribution in [2.45, 2.75) is 6.92 Å². The Morgan fingerprint density at radius 3 is 2.75 bits per heavy atom. The van der Waals surface area contributed by atoms with E-state index in [9.17, 15) is 4.79 Å². The van der Waals surface area contributed by atoms with Crippen LogP contribution in [0.2, 0.25) is 0 Å². The van der Waals surface area contributed by atoms with Crippen molar-refractivity contribution < 1.29 is 9.90 Å². The molecule has 0 bridgehead atoms. The molecule has 0 fully saturated rings. The molecule has 0 aromatic heterocycles. The summed E-state index contributed by atoms with van der Waals surface area (Å²) in [6.07, 6.45) is 0. The summed E-state index contributed by atoms with van der Waals surface area (Å²) in [5, 5.41) is 8.59. The van der Waals surface area contributed by atoms with E-state index in [1.807, 2.05) is 0 Å². The van der Waals surface area contributed by atoms with E-state index in [-0.39, 0.29) is 5.56 Å². The molecule has 0 amide bonds. The van der Waals surface area contributed by atoms with Gasteiger partial charge in [-0.3, -0.25) is 0 Å². The van der Waals surface area contributed by atoms with Crippen molar-refractivity contribution in [3.8, 4) is 0 Å². The van der Waals surface area contributed by atoms with Gasteiger partial charge in [-0.05, 0) is 24.6 Å². The fourth-order valence-corrected chi connectivity index (χ4v) is 0.863. The molecule has 0 unspecified atom stereocenters. The predicted octanol–water partition coefficient (Wildman–Crippen LogP) is 2.24. The number of carboxylic acids is 1. The van der Waals surface area contributed by atoms with Crippen molar-refractivity contribution in [2.24, 2.45) is 0 Å². The van der Waals surface area contributed by atoms with Crippen molar-refractivity contribution in [3.63, 3.8) is 0 Å². The minimum absolute atomic E-state index is 0.159. The Kier molecular flexibility index (Phi) is 2.11. The molecule has 3 heteroatoms. The summed E-state index contributed by atoms with van der Waals surface area (Å²) in [4.78, 5) is 13.7. The van der Waals surface area contributed by atoms with Crippen molar-refractivity contribution in [2.75, 3.05) is 0 Å². The first-order valence-electron chi connectivity index (χ1n) is 3.36. The minimum Gasteiger partial charge on any atom is -0.478 e. The molecular formula is C9H7NO2. The number of carboxylic acid groups (broad SMARTS) is 1. The van der Waals surface area contributed by atoms with Gasteiger partial charge in [-0.1, -0.05) is 6.07 Å². The number of hydrogen-bond acceptors (Lipinski definition) is 1. The Bertz CT molecular complexity index is 363. The van der Waals surface area contributed by atoms with Crippen molar-refractivity contribution in [1.29, 1.82) is 0 Å². The van der Waals surface area contributed by atoms with Crippen LogP contribution in [-0.2, 0) is 0 Å². The average molecular weight is 161 g/mol. The van der Waals surface area contributed by atoms with E-state index >= 15 is 0 Å². The third kappa shape index (κ3) is 1.43. The van der Waals surface area contributed by atoms with Crippen LogP contribution < -0.4 is 0 Å². The van der Waals surface area contributed by atoms with Crippen LogP contribution in [0.1, 0.15) is 15.9 Å². The number of nitrogens with zero attached hydrogens (tertiary/aromatic N) is 1. The zero-order chi connectivity index (χ0) is 9.14. The largest absolute Gasteiger partial charge is 0.478 e. The van der Waals surface area contributed by atoms with Crippen LogP contribution in [0.25, 0.3) is 4.85 Å². The van der Waals surface area contributed by atoms with Crippen LogP contribution in [0.3, 0.4) is 0 Å². The zero-order valence-corrected chi connectivity index (χ0v) is 6.53. The van der Waals surface area contributed by atoms with Gasteiger partial charge < -0.3 is 5.11 Å². The Morgan fingerprint density at radius 1 is 1.58 bits per heavy atom. The smallest absolute Gasteiger partial charge is 0.334 e. The lowest BCUT2D eigenvalue weighted by Crippen LogP contribution is -1.95. The summed E-state index contributed by atoms with van der Waals surface area (Å²) in [5.41, 5.74) is 1.36. The van der Waals surface area contributed by atoms with Gasteiger partial charge >= 0.3 is 5.97 Å². The number of rotatable bonds is 1. The molecule has 0 saturated heterocycles. The summed E-state index contributed by atoms with van der Waals surface area (Å²) < 4.78 is 0. The molecule has 0 radical (unpaired) electrons. The van der Waals surface area contributed by atoms with Crippen molar-refractivity contribution in [1.82, 2.24) is 0 Å². The molecule has 3 nitrogen and oxygen atoms in total. The summed E-state index contributed by atoms with van der Waals surface area (Å²) in [6.45, 7) is 8.53. The summed E-state index contributed by atoms with van der Waals surface area (Å²) >= 11 is 0. The highest BCUT2D eigenvalue weighted by Gasteiger charge is 2.04. The van der Waals surface area contributed by atoms with E-state index in [0.717, 1.165) is 5.56 Å². The van der Waals surface area contributed by atoms with Crippen molar-refractivity contribution in [3.05, 3.63) is 40.7 Å². The fraction of sp³-hybridized carbons (Fsp3) is 0.111. The SMILES string of the molecule is [C-]#[N+]c1cc(C(=O)O)ccc1C. The molecule has 0 aliphatic rings. The van der Waals surface area contributed by atoms with Gasteiger partial charge in [0.25, 0.3) is 0 Å². The third-order valence-corrected chi connectivity index (χ3v) is 1.58. The topological polar surface area (TPSA) is 41.7 Å². The molecule has 0 atom stereocenters. The maximum atomic E-state index is 10.5. The van der Waals surface area contributed by atoms with E-state index in [1.54, 1.807) is 13.0 Å². The number of aryl methyl sites for hydroxylation is 1. The second-order valence-corrected chi connectivity index (χ2v) is 2.42. The number of benzene rings is 1. The highest BCUT2D eigenvalue weighted by Crippen LogP contribution is 2.19. The van der Waals surface area contributed by atoms with E-state index in [1.165, 1.54) is 12.1 Å². The maximum Gasteiger partial charge on any atom is 0.334 e. The van der Waals surface area contributed by atoms with Crippen LogP contribution in [0.15, 0.2) is 18.2 Å². The van der Waals surface area contributed by atoms with Crippen molar-refractivity contribution >= 4 is 11.7 Å². The van der Waals surface area contributed by atoms with Gasteiger partial charge in [0.2, 0.25) is 0 Å². The lowest BCUT2D eigenvalue weighted by atomic mass is 10.1. The van der Waals surface area contributed by atoms with Crippen LogP contribution in [0.5, 0.6) is 0 Å². The van der Waals surface area contributed by atoms with Crippen LogP contribution in [-0.4, -0.2) is 11.1 Å². The van der Waals surface area contributed by atoms with E-state index < -0.39 is 5.97 Å². The second-order valence-electron chi connectivity index (χ2n) is 2.42. The molecule has 1 aromatic rings. The zero-order valence-electron chi connectivity index (χ0n) is 6.53. The number of hydrogen-bond donors (Lipinski definition) is 1. The molecular weight excluding hydrogens is 154 g/mol. The fourth-order valence-electron chi connectivity index (χ4n) is 0.863. The van der Waals surface area contributed by atoms with Gasteiger partial charge in [0.1, 0.15) is 0 Å². The molecule has 1 aromatic carbocycles. The van der Waals surface area contributed by atoms with E-state index in [2.05, 4.69) is 4.85 Å². The first-order chi connectivity index (χ1) is 5.65. The Hall–Kier alpha value is -1.82. The highest BCUT2D eigenvalue weighted by atomic mass is 16.4. The molecule has 12 heavy (non-hydrogen) atoms. The standard InChI is InChI=1S/C9H7NO2/c1-6-3-4-7(9(11)12)5-8(6)10-2/h3-5H,1H3,(H,11,12). The molecule has 0 aliphatic carbocycles. The molecule has 0 aliphatic heterocycles. The predicted molar refractivity (Wildman–Crippen MR) is 44.4 cm³/mol. The highest BCUT2D eigenvalue weighted by molar-refractivity contribution is 5.89. The summed E-state index contributed by atoms with van der Waals surface area (Å²) in [7, 11) is 0. The molecule has 0 saturated carbocycles. The quantitative estimate of drug-likeness (QED) is 0.642. The molecule has 0 spiro atoms. The first kappa shape index (κ1) is 8.28. The number of carbonyl (C=O) groups is 1. The lowest BCUT2D eigenvalue weighted by Gasteiger charge is -1.97. The second kappa shape index (κ2) is 3.05. The van der Waals surface area contributed by atoms with Gasteiger partial charge in [0, 0.05) is 5.56 Å². The summed E-state index contributed by atoms with van der Waals surface area (Å²) in [6, 6.07) is 4.51. The normalized spacial score (nSPS) is 9.00. The first-order valence-corrected chi connectivity index (χ1v) is 3.36. The third-order valence-electron chi connectivity index (χ3n) is 1.58. The Labute approximate surface area is 70.1 Å². The van der Waals surface area contributed by atoms with E-state index in [4.69, 9.17) is 11.7 Å². The van der Waals surface area contributed by atoms with Crippen LogP contribution in [0.4, 0.5) is 5.69 Å². The van der Waals surface area contributed by atoms with Gasteiger partial charge in [-0.15, -0.1) is 0 Å². The lowest BCUT2D eigenvalue weighted by molar-refractivity contribution is 0.0697. The molecule has 1 rings (SSSR count). The van der Waals surface area contributed by atoms with E-state index in [0.29, 0.717) is 5.69 Å². The monoisotopic (exact) mass is 161 g/mol. The molecule has 60 valence electrons. The number of aromatic carboxylic acids is 1. The Morgan fingerprint density at radius 2 is 2.25 bits per heavy atom. The summed E-state index contributed by atoms with van der Waals surface area (Å²) in [5.74, 6) is -1.00. The minimum atomic E-state index is -1.00. The average Bonchev–Trinajstić information content (AvgIpc) is 2.05. The van der Waals surface area contributed by atoms with Gasteiger partial charge in [0.05, 0.1) is 6.57 Å². The van der Waals surface area contributed by atoms with Gasteiger partial charge in [0.15, 0.2) is 5.69 Å². The Balaban J connectivity index is 3.25. The molecule has 0 heterocycles. The molecule has 1 N–H and O–H groups in total.